The fourth-order valence-corrected chi connectivity index (χ4v) is 1.91. The molecule has 0 spiro atoms. The fourth-order valence-electron chi connectivity index (χ4n) is 1.91. The molecular weight excluding hydrogens is 204 g/mol. The predicted octanol–water partition coefficient (Wildman–Crippen LogP) is 1.56. The van der Waals surface area contributed by atoms with Gasteiger partial charge in [0.2, 0.25) is 0 Å². The molecule has 90 valence electrons. The van der Waals surface area contributed by atoms with Gasteiger partial charge < -0.3 is 10.4 Å². The van der Waals surface area contributed by atoms with Gasteiger partial charge in [-0.15, -0.1) is 0 Å². The molecule has 1 aliphatic rings. The Labute approximate surface area is 96.6 Å². The molecule has 4 heteroatoms. The molecule has 0 aromatic carbocycles. The zero-order valence-electron chi connectivity index (χ0n) is 9.94. The molecule has 0 aliphatic carbocycles. The third-order valence-corrected chi connectivity index (χ3v) is 2.55. The number of rotatable bonds is 6. The van der Waals surface area contributed by atoms with Gasteiger partial charge in [0, 0.05) is 13.1 Å². The van der Waals surface area contributed by atoms with Gasteiger partial charge in [-0.3, -0.25) is 4.90 Å². The summed E-state index contributed by atoms with van der Waals surface area (Å²) in [7, 11) is 0. The van der Waals surface area contributed by atoms with Crippen LogP contribution in [0.1, 0.15) is 26.7 Å². The number of aliphatic carboxylic acids is 1. The smallest absolute Gasteiger partial charge is 0.335 e. The molecule has 0 saturated carbocycles. The Morgan fingerprint density at radius 1 is 1.44 bits per heavy atom. The summed E-state index contributed by atoms with van der Waals surface area (Å²) >= 11 is 0. The van der Waals surface area contributed by atoms with Crippen LogP contribution in [-0.4, -0.2) is 35.2 Å². The van der Waals surface area contributed by atoms with Crippen molar-refractivity contribution in [3.8, 4) is 0 Å². The van der Waals surface area contributed by atoms with E-state index in [1.54, 1.807) is 18.4 Å². The molecule has 0 aromatic rings. The molecule has 1 rings (SSSR count). The number of nitrogens with one attached hydrogen (secondary N) is 1. The quantitative estimate of drug-likeness (QED) is 0.719. The second kappa shape index (κ2) is 6.33. The van der Waals surface area contributed by atoms with E-state index < -0.39 is 5.97 Å². The maximum absolute atomic E-state index is 11.1. The van der Waals surface area contributed by atoms with Crippen LogP contribution in [0.3, 0.4) is 0 Å². The normalized spacial score (nSPS) is 19.4. The van der Waals surface area contributed by atoms with Crippen molar-refractivity contribution in [1.29, 1.82) is 0 Å². The van der Waals surface area contributed by atoms with Crippen molar-refractivity contribution in [2.75, 3.05) is 13.1 Å². The van der Waals surface area contributed by atoms with Gasteiger partial charge in [0.15, 0.2) is 0 Å². The number of carbonyl (C=O) groups is 1. The van der Waals surface area contributed by atoms with Crippen LogP contribution in [0.4, 0.5) is 0 Å². The van der Waals surface area contributed by atoms with Gasteiger partial charge in [-0.2, -0.15) is 0 Å². The van der Waals surface area contributed by atoms with E-state index >= 15 is 0 Å². The maximum atomic E-state index is 11.1. The molecule has 1 heterocycles. The summed E-state index contributed by atoms with van der Waals surface area (Å²) in [5, 5.41) is 12.2. The van der Waals surface area contributed by atoms with Crippen LogP contribution in [-0.2, 0) is 4.79 Å². The molecule has 4 nitrogen and oxygen atoms in total. The Kier molecular flexibility index (Phi) is 5.05. The van der Waals surface area contributed by atoms with Crippen LogP contribution in [0, 0.1) is 0 Å². The van der Waals surface area contributed by atoms with Gasteiger partial charge >= 0.3 is 5.97 Å². The van der Waals surface area contributed by atoms with Gasteiger partial charge in [-0.05, 0) is 31.2 Å². The molecule has 0 radical (unpaired) electrons. The number of dihydropyridines is 1. The molecule has 1 atom stereocenters. The lowest BCUT2D eigenvalue weighted by atomic mass is 10.1. The molecule has 0 fully saturated rings. The van der Waals surface area contributed by atoms with Crippen LogP contribution in [0.5, 0.6) is 0 Å². The summed E-state index contributed by atoms with van der Waals surface area (Å²) in [5.41, 5.74) is 0.421. The average Bonchev–Trinajstić information content (AvgIpc) is 2.29. The van der Waals surface area contributed by atoms with E-state index in [1.807, 2.05) is 0 Å². The van der Waals surface area contributed by atoms with E-state index in [1.165, 1.54) is 0 Å². The first-order valence-corrected chi connectivity index (χ1v) is 5.80. The van der Waals surface area contributed by atoms with Crippen molar-refractivity contribution in [3.05, 3.63) is 23.9 Å². The van der Waals surface area contributed by atoms with Crippen molar-refractivity contribution in [3.63, 3.8) is 0 Å². The number of hydrogen-bond acceptors (Lipinski definition) is 3. The highest BCUT2D eigenvalue weighted by Gasteiger charge is 2.25. The summed E-state index contributed by atoms with van der Waals surface area (Å²) < 4.78 is 0. The lowest BCUT2D eigenvalue weighted by molar-refractivity contribution is -0.133. The molecule has 0 saturated heterocycles. The van der Waals surface area contributed by atoms with Gasteiger partial charge in [-0.1, -0.05) is 13.8 Å². The van der Waals surface area contributed by atoms with Gasteiger partial charge in [-0.25, -0.2) is 4.79 Å². The minimum absolute atomic E-state index is 0.192. The lowest BCUT2D eigenvalue weighted by Gasteiger charge is -2.33. The van der Waals surface area contributed by atoms with Crippen LogP contribution >= 0.6 is 0 Å². The van der Waals surface area contributed by atoms with Gasteiger partial charge in [0.05, 0.1) is 5.57 Å². The van der Waals surface area contributed by atoms with E-state index in [0.717, 1.165) is 25.9 Å². The highest BCUT2D eigenvalue weighted by Crippen LogP contribution is 2.13. The van der Waals surface area contributed by atoms with Crippen molar-refractivity contribution >= 4 is 5.97 Å². The Hall–Kier alpha value is -1.29. The molecule has 0 bridgehead atoms. The fraction of sp³-hybridized carbons (Fsp3) is 0.583. The number of allylic oxidation sites excluding steroid dienone is 2. The topological polar surface area (TPSA) is 52.6 Å². The second-order valence-electron chi connectivity index (χ2n) is 3.89. The minimum atomic E-state index is -0.848. The first-order valence-electron chi connectivity index (χ1n) is 5.80. The van der Waals surface area contributed by atoms with Crippen LogP contribution < -0.4 is 5.32 Å². The third-order valence-electron chi connectivity index (χ3n) is 2.55. The summed E-state index contributed by atoms with van der Waals surface area (Å²) in [6.07, 6.45) is 7.05. The van der Waals surface area contributed by atoms with Crippen LogP contribution in [0.2, 0.25) is 0 Å². The second-order valence-corrected chi connectivity index (χ2v) is 3.89. The van der Waals surface area contributed by atoms with Crippen molar-refractivity contribution in [2.45, 2.75) is 32.9 Å². The van der Waals surface area contributed by atoms with Crippen LogP contribution in [0.15, 0.2) is 23.9 Å². The summed E-state index contributed by atoms with van der Waals surface area (Å²) in [5.74, 6) is -0.848. The minimum Gasteiger partial charge on any atom is -0.478 e. The molecule has 0 amide bonds. The molecule has 16 heavy (non-hydrogen) atoms. The lowest BCUT2D eigenvalue weighted by Crippen LogP contribution is -2.48. The first kappa shape index (κ1) is 12.8. The highest BCUT2D eigenvalue weighted by atomic mass is 16.4. The van der Waals surface area contributed by atoms with Crippen LogP contribution in [0.25, 0.3) is 0 Å². The van der Waals surface area contributed by atoms with E-state index in [0.29, 0.717) is 5.57 Å². The molecule has 1 aliphatic heterocycles. The van der Waals surface area contributed by atoms with Crippen molar-refractivity contribution in [2.24, 2.45) is 0 Å². The first-order chi connectivity index (χ1) is 7.70. The molecular formula is C12H20N2O2. The Bertz CT molecular complexity index is 291. The molecule has 1 unspecified atom stereocenters. The van der Waals surface area contributed by atoms with Gasteiger partial charge in [0.1, 0.15) is 6.17 Å². The Morgan fingerprint density at radius 3 is 2.56 bits per heavy atom. The standard InChI is InChI=1S/C12H20N2O2/c1-3-8-14(9-4-2)11-10(12(15)16)6-5-7-13-11/h5-7,11,13H,3-4,8-9H2,1-2H3,(H,15,16). The predicted molar refractivity (Wildman–Crippen MR) is 63.9 cm³/mol. The Balaban J connectivity index is 2.78. The van der Waals surface area contributed by atoms with E-state index in [9.17, 15) is 4.79 Å². The van der Waals surface area contributed by atoms with E-state index in [4.69, 9.17) is 5.11 Å². The number of hydrogen-bond donors (Lipinski definition) is 2. The van der Waals surface area contributed by atoms with Gasteiger partial charge in [0.25, 0.3) is 0 Å². The summed E-state index contributed by atoms with van der Waals surface area (Å²) in [4.78, 5) is 13.3. The average molecular weight is 224 g/mol. The summed E-state index contributed by atoms with van der Waals surface area (Å²) in [6, 6.07) is 0. The highest BCUT2D eigenvalue weighted by molar-refractivity contribution is 5.88. The SMILES string of the molecule is CCCN(CCC)C1NC=CC=C1C(=O)O. The largest absolute Gasteiger partial charge is 0.478 e. The van der Waals surface area contributed by atoms with E-state index in [-0.39, 0.29) is 6.17 Å². The zero-order chi connectivity index (χ0) is 12.0. The number of carboxylic acid groups (broad SMARTS) is 1. The maximum Gasteiger partial charge on any atom is 0.335 e. The van der Waals surface area contributed by atoms with Crippen molar-refractivity contribution < 1.29 is 9.90 Å². The summed E-state index contributed by atoms with van der Waals surface area (Å²) in [6.45, 7) is 6.02. The van der Waals surface area contributed by atoms with Crippen molar-refractivity contribution in [1.82, 2.24) is 10.2 Å². The third kappa shape index (κ3) is 3.10. The zero-order valence-corrected chi connectivity index (χ0v) is 9.94. The monoisotopic (exact) mass is 224 g/mol. The Morgan fingerprint density at radius 2 is 2.06 bits per heavy atom. The number of nitrogens with zero attached hydrogens (tertiary/aromatic N) is 1. The number of carboxylic acids is 1. The van der Waals surface area contributed by atoms with E-state index in [2.05, 4.69) is 24.1 Å². The molecule has 2 N–H and O–H groups in total. The molecule has 0 aromatic heterocycles.